The molecule has 2 rings (SSSR count). The minimum atomic E-state index is -0.342. The summed E-state index contributed by atoms with van der Waals surface area (Å²) in [5, 5.41) is 45.1. The van der Waals surface area contributed by atoms with Crippen LogP contribution in [0, 0.1) is 0 Å². The summed E-state index contributed by atoms with van der Waals surface area (Å²) in [6.45, 7) is 0. The van der Waals surface area contributed by atoms with Crippen molar-refractivity contribution in [3.8, 4) is 23.0 Å². The molecule has 2 amide bonds. The fourth-order valence-corrected chi connectivity index (χ4v) is 2.31. The van der Waals surface area contributed by atoms with Gasteiger partial charge < -0.3 is 20.4 Å². The third-order valence-electron chi connectivity index (χ3n) is 3.87. The topological polar surface area (TPSA) is 164 Å². The summed E-state index contributed by atoms with van der Waals surface area (Å²) in [7, 11) is 0. The maximum atomic E-state index is 11.7. The average molecular weight is 414 g/mol. The first-order valence-electron chi connectivity index (χ1n) is 9.03. The van der Waals surface area contributed by atoms with Gasteiger partial charge in [-0.1, -0.05) is 0 Å². The molecule has 30 heavy (non-hydrogen) atoms. The SMILES string of the molecule is O=C(CCCCC(=O)N/N=C\c1ccc(O)cc1O)N/N=C\c1ccc(O)cc1O. The van der Waals surface area contributed by atoms with Crippen LogP contribution in [0.3, 0.4) is 0 Å². The van der Waals surface area contributed by atoms with E-state index in [1.54, 1.807) is 0 Å². The Morgan fingerprint density at radius 1 is 0.733 bits per heavy atom. The molecular formula is C20H22N4O6. The number of carbonyl (C=O) groups excluding carboxylic acids is 2. The second-order valence-corrected chi connectivity index (χ2v) is 6.28. The van der Waals surface area contributed by atoms with Crippen molar-refractivity contribution in [3.05, 3.63) is 47.5 Å². The van der Waals surface area contributed by atoms with Gasteiger partial charge in [-0.3, -0.25) is 9.59 Å². The van der Waals surface area contributed by atoms with Crippen molar-refractivity contribution in [1.29, 1.82) is 0 Å². The summed E-state index contributed by atoms with van der Waals surface area (Å²) >= 11 is 0. The van der Waals surface area contributed by atoms with Crippen molar-refractivity contribution in [2.24, 2.45) is 10.2 Å². The van der Waals surface area contributed by atoms with Crippen molar-refractivity contribution in [1.82, 2.24) is 10.9 Å². The van der Waals surface area contributed by atoms with E-state index in [0.717, 1.165) is 12.1 Å². The molecule has 0 spiro atoms. The normalized spacial score (nSPS) is 11.1. The van der Waals surface area contributed by atoms with E-state index in [4.69, 9.17) is 0 Å². The second kappa shape index (κ2) is 11.1. The number of benzene rings is 2. The highest BCUT2D eigenvalue weighted by Gasteiger charge is 2.04. The van der Waals surface area contributed by atoms with Crippen molar-refractivity contribution < 1.29 is 30.0 Å². The van der Waals surface area contributed by atoms with Crippen LogP contribution in [0.1, 0.15) is 36.8 Å². The van der Waals surface area contributed by atoms with E-state index >= 15 is 0 Å². The van der Waals surface area contributed by atoms with Crippen LogP contribution < -0.4 is 10.9 Å². The van der Waals surface area contributed by atoms with Gasteiger partial charge in [0.15, 0.2) is 0 Å². The highest BCUT2D eigenvalue weighted by atomic mass is 16.3. The van der Waals surface area contributed by atoms with Crippen LogP contribution in [0.4, 0.5) is 0 Å². The number of phenolic OH excluding ortho intramolecular Hbond substituents is 4. The van der Waals surface area contributed by atoms with Gasteiger partial charge in [-0.05, 0) is 37.1 Å². The lowest BCUT2D eigenvalue weighted by molar-refractivity contribution is -0.123. The molecule has 0 aliphatic heterocycles. The fraction of sp³-hybridized carbons (Fsp3) is 0.200. The third-order valence-corrected chi connectivity index (χ3v) is 3.87. The van der Waals surface area contributed by atoms with Crippen LogP contribution in [0.2, 0.25) is 0 Å². The van der Waals surface area contributed by atoms with Gasteiger partial charge in [0.2, 0.25) is 11.8 Å². The van der Waals surface area contributed by atoms with Crippen LogP contribution in [0.5, 0.6) is 23.0 Å². The van der Waals surface area contributed by atoms with Crippen LogP contribution in [0.25, 0.3) is 0 Å². The molecular weight excluding hydrogens is 392 g/mol. The molecule has 10 nitrogen and oxygen atoms in total. The Kier molecular flexibility index (Phi) is 8.18. The summed E-state index contributed by atoms with van der Waals surface area (Å²) < 4.78 is 0. The molecule has 0 saturated heterocycles. The minimum Gasteiger partial charge on any atom is -0.508 e. The molecule has 2 aromatic rings. The first kappa shape index (κ1) is 22.2. The Morgan fingerprint density at radius 3 is 1.50 bits per heavy atom. The lowest BCUT2D eigenvalue weighted by atomic mass is 10.2. The third kappa shape index (κ3) is 7.50. The number of nitrogens with one attached hydrogen (secondary N) is 2. The second-order valence-electron chi connectivity index (χ2n) is 6.28. The fourth-order valence-electron chi connectivity index (χ4n) is 2.31. The number of unbranched alkanes of at least 4 members (excludes halogenated alkanes) is 1. The zero-order valence-corrected chi connectivity index (χ0v) is 15.9. The van der Waals surface area contributed by atoms with Gasteiger partial charge in [-0.25, -0.2) is 10.9 Å². The largest absolute Gasteiger partial charge is 0.508 e. The molecule has 0 aromatic heterocycles. The van der Waals surface area contributed by atoms with Crippen LogP contribution in [0.15, 0.2) is 46.6 Å². The molecule has 6 N–H and O–H groups in total. The standard InChI is InChI=1S/C20H22N4O6/c25-15-7-5-13(17(27)9-15)11-21-23-19(29)3-1-2-4-20(30)24-22-12-14-6-8-16(26)10-18(14)28/h5-12,25-28H,1-4H2,(H,23,29)(H,24,30)/b21-11-,22-12-. The summed E-state index contributed by atoms with van der Waals surface area (Å²) in [5.74, 6) is -1.18. The maximum absolute atomic E-state index is 11.7. The molecule has 158 valence electrons. The van der Waals surface area contributed by atoms with E-state index in [-0.39, 0.29) is 47.7 Å². The van der Waals surface area contributed by atoms with E-state index in [1.807, 2.05) is 0 Å². The van der Waals surface area contributed by atoms with Gasteiger partial charge in [-0.2, -0.15) is 10.2 Å². The van der Waals surface area contributed by atoms with Gasteiger partial charge in [0, 0.05) is 36.1 Å². The number of hydrogen-bond acceptors (Lipinski definition) is 8. The Morgan fingerprint density at radius 2 is 1.13 bits per heavy atom. The zero-order valence-electron chi connectivity index (χ0n) is 15.9. The monoisotopic (exact) mass is 414 g/mol. The van der Waals surface area contributed by atoms with Gasteiger partial charge in [0.05, 0.1) is 12.4 Å². The zero-order chi connectivity index (χ0) is 21.9. The highest BCUT2D eigenvalue weighted by molar-refractivity contribution is 5.86. The molecule has 0 aliphatic carbocycles. The lowest BCUT2D eigenvalue weighted by Crippen LogP contribution is -2.19. The van der Waals surface area contributed by atoms with Crippen molar-refractivity contribution in [3.63, 3.8) is 0 Å². The van der Waals surface area contributed by atoms with Crippen molar-refractivity contribution in [2.45, 2.75) is 25.7 Å². The van der Waals surface area contributed by atoms with Crippen LogP contribution in [-0.4, -0.2) is 44.7 Å². The molecule has 0 saturated carbocycles. The average Bonchev–Trinajstić information content (AvgIpc) is 2.68. The maximum Gasteiger partial charge on any atom is 0.240 e. The number of amides is 2. The first-order chi connectivity index (χ1) is 14.3. The summed E-state index contributed by atoms with van der Waals surface area (Å²) in [6.07, 6.45) is 3.76. The van der Waals surface area contributed by atoms with Crippen LogP contribution >= 0.6 is 0 Å². The van der Waals surface area contributed by atoms with Gasteiger partial charge in [-0.15, -0.1) is 0 Å². The van der Waals surface area contributed by atoms with E-state index in [1.165, 1.54) is 36.7 Å². The molecule has 0 fully saturated rings. The molecule has 0 aliphatic rings. The predicted octanol–water partition coefficient (Wildman–Crippen LogP) is 1.67. The van der Waals surface area contributed by atoms with Crippen molar-refractivity contribution in [2.75, 3.05) is 0 Å². The predicted molar refractivity (Wildman–Crippen MR) is 109 cm³/mol. The molecule has 10 heteroatoms. The van der Waals surface area contributed by atoms with E-state index in [9.17, 15) is 30.0 Å². The van der Waals surface area contributed by atoms with Crippen LogP contribution in [-0.2, 0) is 9.59 Å². The molecule has 2 aromatic carbocycles. The number of nitrogens with zero attached hydrogens (tertiary/aromatic N) is 2. The van der Waals surface area contributed by atoms with E-state index in [2.05, 4.69) is 21.1 Å². The summed E-state index contributed by atoms with van der Waals surface area (Å²) in [5.41, 5.74) is 5.31. The van der Waals surface area contributed by atoms with Gasteiger partial charge >= 0.3 is 0 Å². The minimum absolute atomic E-state index is 0.0816. The van der Waals surface area contributed by atoms with E-state index < -0.39 is 0 Å². The summed E-state index contributed by atoms with van der Waals surface area (Å²) in [4.78, 5) is 23.4. The Bertz CT molecular complexity index is 881. The molecule has 0 bridgehead atoms. The quantitative estimate of drug-likeness (QED) is 0.208. The molecule has 0 heterocycles. The number of rotatable bonds is 9. The smallest absolute Gasteiger partial charge is 0.240 e. The number of hydrogen-bond donors (Lipinski definition) is 6. The van der Waals surface area contributed by atoms with E-state index in [0.29, 0.717) is 24.0 Å². The first-order valence-corrected chi connectivity index (χ1v) is 9.03. The molecule has 0 radical (unpaired) electrons. The lowest BCUT2D eigenvalue weighted by Gasteiger charge is -2.02. The summed E-state index contributed by atoms with van der Waals surface area (Å²) in [6, 6.07) is 7.98. The highest BCUT2D eigenvalue weighted by Crippen LogP contribution is 2.21. The molecule has 0 unspecified atom stereocenters. The van der Waals surface area contributed by atoms with Gasteiger partial charge in [0.25, 0.3) is 0 Å². The van der Waals surface area contributed by atoms with Crippen molar-refractivity contribution >= 4 is 24.2 Å². The molecule has 0 atom stereocenters. The number of hydrazone groups is 2. The Hall–Kier alpha value is -4.08. The number of phenols is 4. The van der Waals surface area contributed by atoms with Gasteiger partial charge in [0.1, 0.15) is 23.0 Å². The Labute approximate surface area is 172 Å². The number of aromatic hydroxyl groups is 4. The number of carbonyl (C=O) groups is 2. The Balaban J connectivity index is 1.63.